The third kappa shape index (κ3) is 4.64. The van der Waals surface area contributed by atoms with Gasteiger partial charge in [-0.05, 0) is 63.7 Å². The van der Waals surface area contributed by atoms with Gasteiger partial charge in [0, 0.05) is 36.9 Å². The summed E-state index contributed by atoms with van der Waals surface area (Å²) < 4.78 is 82.4. The van der Waals surface area contributed by atoms with Crippen LogP contribution in [0.3, 0.4) is 0 Å². The van der Waals surface area contributed by atoms with Crippen LogP contribution in [0.5, 0.6) is 11.8 Å². The largest absolute Gasteiger partial charge is 0.508 e. The van der Waals surface area contributed by atoms with Crippen molar-refractivity contribution in [1.29, 1.82) is 0 Å². The lowest BCUT2D eigenvalue weighted by molar-refractivity contribution is -0.137. The number of nitrogens with zero attached hydrogens (tertiary/aromatic N) is 5. The van der Waals surface area contributed by atoms with Crippen molar-refractivity contribution < 1.29 is 30.1 Å². The number of ether oxygens (including phenoxy) is 1. The van der Waals surface area contributed by atoms with Crippen LogP contribution < -0.4 is 15.0 Å². The second kappa shape index (κ2) is 9.81. The van der Waals surface area contributed by atoms with Gasteiger partial charge in [-0.1, -0.05) is 11.6 Å². The number of hydrogen-bond acceptors (Lipinski definition) is 8. The standard InChI is InChI=1S/C28H29ClF4N6O2/c29-20-10-17(40)9-18(21(20)28(31,32)33)23-22(30)24-19(11-34-23)25(38-12-15-3-4-16(13-38)35-15)37-26(36-24)41-14-27-5-1-7-39(27)8-2-6-27/h9-11,15-16,35,40H,1-8,12-14H2/t15-,16+/i14D2. The van der Waals surface area contributed by atoms with Gasteiger partial charge in [0.1, 0.15) is 29.3 Å². The van der Waals surface area contributed by atoms with Crippen LogP contribution in [0, 0.1) is 5.82 Å². The zero-order valence-corrected chi connectivity index (χ0v) is 22.7. The molecule has 8 nitrogen and oxygen atoms in total. The van der Waals surface area contributed by atoms with E-state index in [0.29, 0.717) is 25.9 Å². The average molecular weight is 595 g/mol. The van der Waals surface area contributed by atoms with Gasteiger partial charge >= 0.3 is 12.2 Å². The lowest BCUT2D eigenvalue weighted by Gasteiger charge is -2.34. The number of fused-ring (bicyclic) bond motifs is 4. The van der Waals surface area contributed by atoms with E-state index in [2.05, 4.69) is 25.2 Å². The van der Waals surface area contributed by atoms with Crippen LogP contribution in [0.1, 0.15) is 46.8 Å². The molecule has 0 aliphatic carbocycles. The van der Waals surface area contributed by atoms with Crippen LogP contribution in [0.25, 0.3) is 22.2 Å². The van der Waals surface area contributed by atoms with Crippen molar-refractivity contribution in [2.24, 2.45) is 0 Å². The fourth-order valence-corrected chi connectivity index (χ4v) is 7.27. The molecule has 2 bridgehead atoms. The van der Waals surface area contributed by atoms with E-state index in [1.807, 2.05) is 4.90 Å². The average Bonchev–Trinajstić information content (AvgIpc) is 3.62. The number of nitrogens with one attached hydrogen (secondary N) is 1. The molecule has 4 saturated heterocycles. The molecule has 2 aromatic heterocycles. The van der Waals surface area contributed by atoms with Crippen molar-refractivity contribution in [3.63, 3.8) is 0 Å². The van der Waals surface area contributed by atoms with Gasteiger partial charge in [-0.15, -0.1) is 0 Å². The number of piperazine rings is 1. The first-order chi connectivity index (χ1) is 20.4. The number of alkyl halides is 3. The van der Waals surface area contributed by atoms with Gasteiger partial charge in [-0.3, -0.25) is 9.88 Å². The fourth-order valence-electron chi connectivity index (χ4n) is 6.95. The molecule has 218 valence electrons. The number of aromatic nitrogens is 3. The Morgan fingerprint density at radius 3 is 2.54 bits per heavy atom. The van der Waals surface area contributed by atoms with Crippen LogP contribution in [0.2, 0.25) is 5.02 Å². The quantitative estimate of drug-likeness (QED) is 0.392. The molecule has 7 rings (SSSR count). The van der Waals surface area contributed by atoms with Crippen molar-refractivity contribution in [1.82, 2.24) is 25.2 Å². The van der Waals surface area contributed by atoms with Crippen molar-refractivity contribution in [2.45, 2.75) is 62.3 Å². The van der Waals surface area contributed by atoms with Crippen LogP contribution in [-0.2, 0) is 6.18 Å². The lowest BCUT2D eigenvalue weighted by atomic mass is 9.95. The van der Waals surface area contributed by atoms with E-state index in [0.717, 1.165) is 50.9 Å². The van der Waals surface area contributed by atoms with Crippen LogP contribution in [0.4, 0.5) is 23.4 Å². The third-order valence-corrected chi connectivity index (χ3v) is 9.05. The molecule has 0 radical (unpaired) electrons. The predicted octanol–water partition coefficient (Wildman–Crippen LogP) is 5.16. The highest BCUT2D eigenvalue weighted by molar-refractivity contribution is 6.32. The van der Waals surface area contributed by atoms with Gasteiger partial charge in [0.15, 0.2) is 5.82 Å². The second-order valence-corrected chi connectivity index (χ2v) is 11.7. The lowest BCUT2D eigenvalue weighted by Crippen LogP contribution is -2.51. The summed E-state index contributed by atoms with van der Waals surface area (Å²) in [4.78, 5) is 16.9. The smallest absolute Gasteiger partial charge is 0.418 e. The Balaban J connectivity index is 1.39. The topological polar surface area (TPSA) is 86.6 Å². The normalized spacial score (nSPS) is 25.0. The third-order valence-electron chi connectivity index (χ3n) is 8.75. The van der Waals surface area contributed by atoms with E-state index >= 15 is 4.39 Å². The predicted molar refractivity (Wildman–Crippen MR) is 145 cm³/mol. The second-order valence-electron chi connectivity index (χ2n) is 11.3. The van der Waals surface area contributed by atoms with Crippen LogP contribution >= 0.6 is 11.6 Å². The number of aromatic hydroxyl groups is 1. The molecule has 4 aliphatic rings. The minimum atomic E-state index is -4.97. The molecule has 0 saturated carbocycles. The molecule has 2 atom stereocenters. The maximum atomic E-state index is 16.4. The van der Waals surface area contributed by atoms with Crippen molar-refractivity contribution in [3.05, 3.63) is 34.7 Å². The zero-order valence-electron chi connectivity index (χ0n) is 23.9. The van der Waals surface area contributed by atoms with E-state index in [4.69, 9.17) is 19.1 Å². The molecule has 0 amide bonds. The van der Waals surface area contributed by atoms with Crippen LogP contribution in [-0.4, -0.2) is 75.3 Å². The molecule has 2 N–H and O–H groups in total. The summed E-state index contributed by atoms with van der Waals surface area (Å²) in [5, 5.41) is 12.9. The minimum Gasteiger partial charge on any atom is -0.508 e. The summed E-state index contributed by atoms with van der Waals surface area (Å²) in [5.41, 5.74) is -4.05. The molecule has 41 heavy (non-hydrogen) atoms. The number of benzene rings is 1. The number of anilines is 1. The monoisotopic (exact) mass is 594 g/mol. The maximum Gasteiger partial charge on any atom is 0.418 e. The molecule has 3 aromatic rings. The van der Waals surface area contributed by atoms with E-state index in [1.165, 1.54) is 6.20 Å². The number of pyridine rings is 1. The number of phenols is 1. The molecule has 4 fully saturated rings. The molecule has 0 spiro atoms. The number of rotatable bonds is 5. The minimum absolute atomic E-state index is 0.150. The summed E-state index contributed by atoms with van der Waals surface area (Å²) in [6, 6.07) is 1.42. The highest BCUT2D eigenvalue weighted by atomic mass is 35.5. The fraction of sp³-hybridized carbons (Fsp3) is 0.536. The highest BCUT2D eigenvalue weighted by Crippen LogP contribution is 2.45. The van der Waals surface area contributed by atoms with Gasteiger partial charge in [0.2, 0.25) is 0 Å². The van der Waals surface area contributed by atoms with Crippen molar-refractivity contribution in [3.8, 4) is 23.0 Å². The van der Waals surface area contributed by atoms with Crippen molar-refractivity contribution in [2.75, 3.05) is 37.6 Å². The molecule has 6 heterocycles. The maximum absolute atomic E-state index is 16.4. The van der Waals surface area contributed by atoms with Gasteiger partial charge in [0.05, 0.1) is 24.3 Å². The Bertz CT molecular complexity index is 1590. The molecule has 1 aromatic carbocycles. The van der Waals surface area contributed by atoms with Gasteiger partial charge in [-0.2, -0.15) is 23.1 Å². The van der Waals surface area contributed by atoms with Crippen LogP contribution in [0.15, 0.2) is 18.3 Å². The summed E-state index contributed by atoms with van der Waals surface area (Å²) in [5.74, 6) is -1.52. The highest BCUT2D eigenvalue weighted by Gasteiger charge is 2.45. The number of phenolic OH excluding ortho intramolecular Hbond substituents is 1. The van der Waals surface area contributed by atoms with Gasteiger partial charge < -0.3 is 20.1 Å². The Kier molecular flexibility index (Phi) is 5.89. The molecular formula is C28H29ClF4N6O2. The Morgan fingerprint density at radius 1 is 1.15 bits per heavy atom. The Hall–Kier alpha value is -2.96. The first kappa shape index (κ1) is 24.6. The molecule has 4 aliphatic heterocycles. The van der Waals surface area contributed by atoms with Gasteiger partial charge in [0.25, 0.3) is 0 Å². The molecular weight excluding hydrogens is 564 g/mol. The molecule has 0 unspecified atom stereocenters. The van der Waals surface area contributed by atoms with E-state index in [1.54, 1.807) is 0 Å². The Morgan fingerprint density at radius 2 is 1.85 bits per heavy atom. The first-order valence-corrected chi connectivity index (χ1v) is 14.2. The zero-order chi connectivity index (χ0) is 30.3. The van der Waals surface area contributed by atoms with E-state index in [-0.39, 0.29) is 28.8 Å². The summed E-state index contributed by atoms with van der Waals surface area (Å²) in [6.07, 6.45) is 0.927. The first-order valence-electron chi connectivity index (χ1n) is 14.8. The summed E-state index contributed by atoms with van der Waals surface area (Å²) in [6.45, 7) is 0.344. The number of halogens is 5. The summed E-state index contributed by atoms with van der Waals surface area (Å²) in [7, 11) is 0. The molecule has 13 heteroatoms. The van der Waals surface area contributed by atoms with E-state index in [9.17, 15) is 18.3 Å². The van der Waals surface area contributed by atoms with Crippen molar-refractivity contribution >= 4 is 28.3 Å². The van der Waals surface area contributed by atoms with Gasteiger partial charge in [-0.25, -0.2) is 4.39 Å². The SMILES string of the molecule is [2H]C([2H])(Oc1nc(N2C[C@H]3CC[C@@H](C2)N3)c2cnc(-c3cc(O)cc(Cl)c3C(F)(F)F)c(F)c2n1)C12CCCN1CCC2. The van der Waals surface area contributed by atoms with E-state index < -0.39 is 57.7 Å². The Labute approximate surface area is 241 Å². The number of hydrogen-bond donors (Lipinski definition) is 2. The summed E-state index contributed by atoms with van der Waals surface area (Å²) >= 11 is 5.87.